The molecule has 26 heavy (non-hydrogen) atoms. The fraction of sp³-hybridized carbons (Fsp3) is 0.455. The van der Waals surface area contributed by atoms with Crippen LogP contribution in [0.15, 0.2) is 42.6 Å². The second-order valence-electron chi connectivity index (χ2n) is 8.08. The molecule has 0 radical (unpaired) electrons. The molecule has 1 aliphatic rings. The van der Waals surface area contributed by atoms with Crippen LogP contribution in [-0.2, 0) is 12.0 Å². The molecule has 2 aromatic rings. The van der Waals surface area contributed by atoms with Crippen LogP contribution in [0.2, 0.25) is 0 Å². The van der Waals surface area contributed by atoms with Gasteiger partial charge in [0.1, 0.15) is 5.82 Å². The molecular formula is C22H29N3O. The highest BCUT2D eigenvalue weighted by Crippen LogP contribution is 2.22. The first-order valence-electron chi connectivity index (χ1n) is 9.52. The molecule has 1 fully saturated rings. The average Bonchev–Trinajstić information content (AvgIpc) is 2.66. The molecule has 1 N–H and O–H groups in total. The lowest BCUT2D eigenvalue weighted by Gasteiger charge is -2.27. The molecule has 0 saturated carbocycles. The molecule has 138 valence electrons. The number of benzene rings is 1. The van der Waals surface area contributed by atoms with Crippen molar-refractivity contribution in [1.29, 1.82) is 0 Å². The Morgan fingerprint density at radius 3 is 2.31 bits per heavy atom. The number of anilines is 1. The third-order valence-corrected chi connectivity index (χ3v) is 4.96. The number of rotatable bonds is 4. The smallest absolute Gasteiger partial charge is 0.251 e. The molecule has 0 aliphatic carbocycles. The number of hydrogen-bond acceptors (Lipinski definition) is 3. The van der Waals surface area contributed by atoms with E-state index in [-0.39, 0.29) is 11.3 Å². The lowest BCUT2D eigenvalue weighted by atomic mass is 9.87. The van der Waals surface area contributed by atoms with E-state index < -0.39 is 0 Å². The van der Waals surface area contributed by atoms with Crippen molar-refractivity contribution in [3.63, 3.8) is 0 Å². The first-order chi connectivity index (χ1) is 12.4. The topological polar surface area (TPSA) is 45.2 Å². The maximum absolute atomic E-state index is 12.4. The minimum absolute atomic E-state index is 0.0504. The normalized spacial score (nSPS) is 15.0. The monoisotopic (exact) mass is 351 g/mol. The summed E-state index contributed by atoms with van der Waals surface area (Å²) >= 11 is 0. The van der Waals surface area contributed by atoms with Crippen molar-refractivity contribution < 1.29 is 4.79 Å². The van der Waals surface area contributed by atoms with Crippen LogP contribution in [0.3, 0.4) is 0 Å². The Hall–Kier alpha value is -2.36. The van der Waals surface area contributed by atoms with Gasteiger partial charge in [0, 0.05) is 31.4 Å². The SMILES string of the molecule is CC(C)(C)c1ccc(C(=O)NCc2ccc(N3CCCCC3)nc2)cc1. The molecule has 1 aliphatic heterocycles. The van der Waals surface area contributed by atoms with Crippen LogP contribution in [-0.4, -0.2) is 24.0 Å². The van der Waals surface area contributed by atoms with Gasteiger partial charge in [-0.05, 0) is 54.0 Å². The van der Waals surface area contributed by atoms with E-state index in [2.05, 4.69) is 48.1 Å². The fourth-order valence-electron chi connectivity index (χ4n) is 3.24. The number of piperidine rings is 1. The summed E-state index contributed by atoms with van der Waals surface area (Å²) in [6, 6.07) is 12.0. The highest BCUT2D eigenvalue weighted by atomic mass is 16.1. The van der Waals surface area contributed by atoms with Gasteiger partial charge in [-0.15, -0.1) is 0 Å². The maximum atomic E-state index is 12.4. The summed E-state index contributed by atoms with van der Waals surface area (Å²) in [5.41, 5.74) is 3.03. The summed E-state index contributed by atoms with van der Waals surface area (Å²) in [4.78, 5) is 19.3. The van der Waals surface area contributed by atoms with E-state index in [1.54, 1.807) is 0 Å². The van der Waals surface area contributed by atoms with Crippen molar-refractivity contribution in [2.24, 2.45) is 0 Å². The third-order valence-electron chi connectivity index (χ3n) is 4.96. The molecule has 0 unspecified atom stereocenters. The summed E-state index contributed by atoms with van der Waals surface area (Å²) < 4.78 is 0. The van der Waals surface area contributed by atoms with Crippen molar-refractivity contribution in [3.05, 3.63) is 59.3 Å². The minimum atomic E-state index is -0.0504. The maximum Gasteiger partial charge on any atom is 0.251 e. The summed E-state index contributed by atoms with van der Waals surface area (Å²) in [5, 5.41) is 2.98. The Morgan fingerprint density at radius 1 is 1.04 bits per heavy atom. The summed E-state index contributed by atoms with van der Waals surface area (Å²) in [7, 11) is 0. The van der Waals surface area contributed by atoms with E-state index in [4.69, 9.17) is 0 Å². The zero-order valence-corrected chi connectivity index (χ0v) is 16.1. The van der Waals surface area contributed by atoms with Crippen LogP contribution in [0, 0.1) is 0 Å². The van der Waals surface area contributed by atoms with Crippen LogP contribution < -0.4 is 10.2 Å². The minimum Gasteiger partial charge on any atom is -0.357 e. The van der Waals surface area contributed by atoms with Gasteiger partial charge in [0.15, 0.2) is 0 Å². The van der Waals surface area contributed by atoms with Gasteiger partial charge in [-0.2, -0.15) is 0 Å². The Bertz CT molecular complexity index is 723. The quantitative estimate of drug-likeness (QED) is 0.893. The number of carbonyl (C=O) groups excluding carboxylic acids is 1. The summed E-state index contributed by atoms with van der Waals surface area (Å²) in [6.45, 7) is 9.18. The molecule has 1 amide bonds. The predicted molar refractivity (Wildman–Crippen MR) is 107 cm³/mol. The first-order valence-corrected chi connectivity index (χ1v) is 9.52. The molecule has 0 bridgehead atoms. The Labute approximate surface area is 156 Å². The van der Waals surface area contributed by atoms with Gasteiger partial charge in [-0.1, -0.05) is 39.0 Å². The second kappa shape index (κ2) is 7.90. The average molecular weight is 351 g/mol. The van der Waals surface area contributed by atoms with Crippen LogP contribution in [0.1, 0.15) is 61.5 Å². The number of pyridine rings is 1. The van der Waals surface area contributed by atoms with Crippen molar-refractivity contribution in [1.82, 2.24) is 10.3 Å². The standard InChI is InChI=1S/C22H29N3O/c1-22(2,3)19-10-8-18(9-11-19)21(26)24-16-17-7-12-20(23-15-17)25-13-5-4-6-14-25/h7-12,15H,4-6,13-14,16H2,1-3H3,(H,24,26). The predicted octanol–water partition coefficient (Wildman–Crippen LogP) is 4.30. The Morgan fingerprint density at radius 2 is 1.73 bits per heavy atom. The van der Waals surface area contributed by atoms with Crippen molar-refractivity contribution >= 4 is 11.7 Å². The summed E-state index contributed by atoms with van der Waals surface area (Å²) in [5.74, 6) is 0.989. The molecule has 4 heteroatoms. The Kier molecular flexibility index (Phi) is 5.60. The van der Waals surface area contributed by atoms with Gasteiger partial charge in [-0.3, -0.25) is 4.79 Å². The lowest BCUT2D eigenvalue weighted by molar-refractivity contribution is 0.0951. The number of amides is 1. The largest absolute Gasteiger partial charge is 0.357 e. The van der Waals surface area contributed by atoms with Crippen LogP contribution in [0.4, 0.5) is 5.82 Å². The van der Waals surface area contributed by atoms with Crippen molar-refractivity contribution in [2.45, 2.75) is 52.0 Å². The number of nitrogens with one attached hydrogen (secondary N) is 1. The van der Waals surface area contributed by atoms with E-state index in [9.17, 15) is 4.79 Å². The number of nitrogens with zero attached hydrogens (tertiary/aromatic N) is 2. The van der Waals surface area contributed by atoms with Gasteiger partial charge in [0.05, 0.1) is 0 Å². The highest BCUT2D eigenvalue weighted by Gasteiger charge is 2.14. The third kappa shape index (κ3) is 4.63. The highest BCUT2D eigenvalue weighted by molar-refractivity contribution is 5.94. The number of carbonyl (C=O) groups is 1. The van der Waals surface area contributed by atoms with Crippen molar-refractivity contribution in [3.8, 4) is 0 Å². The molecular weight excluding hydrogens is 322 g/mol. The molecule has 2 heterocycles. The van der Waals surface area contributed by atoms with Crippen LogP contribution in [0.5, 0.6) is 0 Å². The fourth-order valence-corrected chi connectivity index (χ4v) is 3.24. The zero-order valence-electron chi connectivity index (χ0n) is 16.1. The van der Waals surface area contributed by atoms with E-state index >= 15 is 0 Å². The van der Waals surface area contributed by atoms with Gasteiger partial charge in [0.25, 0.3) is 5.91 Å². The summed E-state index contributed by atoms with van der Waals surface area (Å²) in [6.07, 6.45) is 5.67. The van der Waals surface area contributed by atoms with Crippen LogP contribution in [0.25, 0.3) is 0 Å². The molecule has 1 saturated heterocycles. The molecule has 0 spiro atoms. The Balaban J connectivity index is 1.55. The van der Waals surface area contributed by atoms with Crippen molar-refractivity contribution in [2.75, 3.05) is 18.0 Å². The number of hydrogen-bond donors (Lipinski definition) is 1. The van der Waals surface area contributed by atoms with Crippen LogP contribution >= 0.6 is 0 Å². The molecule has 3 rings (SSSR count). The lowest BCUT2D eigenvalue weighted by Crippen LogP contribution is -2.30. The first kappa shape index (κ1) is 18.4. The second-order valence-corrected chi connectivity index (χ2v) is 8.08. The molecule has 1 aromatic heterocycles. The van der Waals surface area contributed by atoms with Gasteiger partial charge in [-0.25, -0.2) is 4.98 Å². The van der Waals surface area contributed by atoms with E-state index in [0.717, 1.165) is 24.5 Å². The zero-order chi connectivity index (χ0) is 18.6. The molecule has 4 nitrogen and oxygen atoms in total. The number of aromatic nitrogens is 1. The van der Waals surface area contributed by atoms with E-state index in [0.29, 0.717) is 12.1 Å². The molecule has 0 atom stereocenters. The van der Waals surface area contributed by atoms with Gasteiger partial charge >= 0.3 is 0 Å². The van der Waals surface area contributed by atoms with E-state index in [1.807, 2.05) is 30.5 Å². The van der Waals surface area contributed by atoms with E-state index in [1.165, 1.54) is 24.8 Å². The molecule has 1 aromatic carbocycles. The van der Waals surface area contributed by atoms with Gasteiger partial charge < -0.3 is 10.2 Å². The van der Waals surface area contributed by atoms with Gasteiger partial charge in [0.2, 0.25) is 0 Å².